The first kappa shape index (κ1) is 21.7. The van der Waals surface area contributed by atoms with E-state index in [4.69, 9.17) is 0 Å². The van der Waals surface area contributed by atoms with E-state index in [0.29, 0.717) is 24.8 Å². The van der Waals surface area contributed by atoms with Gasteiger partial charge in [0.2, 0.25) is 6.41 Å². The first-order valence-electron chi connectivity index (χ1n) is 7.23. The summed E-state index contributed by atoms with van der Waals surface area (Å²) in [5, 5.41) is 4.87. The van der Waals surface area contributed by atoms with Gasteiger partial charge in [-0.3, -0.25) is 9.59 Å². The molecule has 0 fully saturated rings. The SMILES string of the molecule is CCCC(CCC(F)(F)F)NC(=O)/C(NC=O)=C(C)/C=C(\C)Br. The van der Waals surface area contributed by atoms with Crippen LogP contribution in [0.4, 0.5) is 13.2 Å². The zero-order chi connectivity index (χ0) is 18.0. The molecule has 0 aliphatic rings. The Morgan fingerprint density at radius 1 is 1.26 bits per heavy atom. The van der Waals surface area contributed by atoms with Gasteiger partial charge in [0, 0.05) is 12.5 Å². The molecule has 0 saturated heterocycles. The number of rotatable bonds is 9. The van der Waals surface area contributed by atoms with Gasteiger partial charge in [-0.2, -0.15) is 13.2 Å². The standard InChI is InChI=1S/C15H22BrF3N2O2/c1-4-5-12(6-7-15(17,18)19)21-14(23)13(20-9-22)10(2)8-11(3)16/h8-9,12H,4-7H2,1-3H3,(H,20,22)(H,21,23)/b11-8+,13-10-. The highest BCUT2D eigenvalue weighted by atomic mass is 79.9. The summed E-state index contributed by atoms with van der Waals surface area (Å²) < 4.78 is 37.8. The van der Waals surface area contributed by atoms with Crippen LogP contribution in [0.15, 0.2) is 21.8 Å². The Labute approximate surface area is 142 Å². The van der Waals surface area contributed by atoms with Crippen molar-refractivity contribution in [2.45, 2.75) is 58.7 Å². The lowest BCUT2D eigenvalue weighted by Crippen LogP contribution is -2.40. The van der Waals surface area contributed by atoms with Gasteiger partial charge in [-0.05, 0) is 42.8 Å². The Morgan fingerprint density at radius 3 is 2.30 bits per heavy atom. The summed E-state index contributed by atoms with van der Waals surface area (Å²) in [6.45, 7) is 5.21. The van der Waals surface area contributed by atoms with Gasteiger partial charge < -0.3 is 10.6 Å². The van der Waals surface area contributed by atoms with Crippen LogP contribution in [-0.2, 0) is 9.59 Å². The lowest BCUT2D eigenvalue weighted by atomic mass is 10.1. The molecule has 1 atom stereocenters. The van der Waals surface area contributed by atoms with Crippen LogP contribution in [0.1, 0.15) is 46.5 Å². The van der Waals surface area contributed by atoms with Crippen molar-refractivity contribution >= 4 is 28.2 Å². The van der Waals surface area contributed by atoms with Gasteiger partial charge in [0.05, 0.1) is 0 Å². The minimum Gasteiger partial charge on any atom is -0.348 e. The molecule has 0 aliphatic carbocycles. The largest absolute Gasteiger partial charge is 0.389 e. The third-order valence-electron chi connectivity index (χ3n) is 2.99. The second-order valence-corrected chi connectivity index (χ2v) is 6.42. The number of allylic oxidation sites excluding steroid dienone is 3. The van der Waals surface area contributed by atoms with E-state index in [1.165, 1.54) is 0 Å². The topological polar surface area (TPSA) is 58.2 Å². The van der Waals surface area contributed by atoms with Crippen molar-refractivity contribution < 1.29 is 22.8 Å². The highest BCUT2D eigenvalue weighted by molar-refractivity contribution is 9.11. The molecule has 2 N–H and O–H groups in total. The van der Waals surface area contributed by atoms with Crippen molar-refractivity contribution in [1.82, 2.24) is 10.6 Å². The van der Waals surface area contributed by atoms with Crippen molar-refractivity contribution in [3.63, 3.8) is 0 Å². The van der Waals surface area contributed by atoms with Gasteiger partial charge in [-0.25, -0.2) is 0 Å². The second-order valence-electron chi connectivity index (χ2n) is 5.16. The van der Waals surface area contributed by atoms with Crippen molar-refractivity contribution in [2.75, 3.05) is 0 Å². The summed E-state index contributed by atoms with van der Waals surface area (Å²) in [4.78, 5) is 22.9. The third-order valence-corrected chi connectivity index (χ3v) is 3.22. The number of halogens is 4. The van der Waals surface area contributed by atoms with Crippen molar-refractivity contribution in [3.8, 4) is 0 Å². The normalized spacial score (nSPS) is 14.8. The first-order valence-corrected chi connectivity index (χ1v) is 8.02. The van der Waals surface area contributed by atoms with E-state index in [2.05, 4.69) is 26.6 Å². The van der Waals surface area contributed by atoms with Crippen LogP contribution in [0.25, 0.3) is 0 Å². The van der Waals surface area contributed by atoms with Gasteiger partial charge in [-0.1, -0.05) is 29.3 Å². The van der Waals surface area contributed by atoms with Crippen LogP contribution in [0.3, 0.4) is 0 Å². The predicted molar refractivity (Wildman–Crippen MR) is 86.7 cm³/mol. The van der Waals surface area contributed by atoms with E-state index in [0.717, 1.165) is 4.48 Å². The van der Waals surface area contributed by atoms with Gasteiger partial charge in [-0.15, -0.1) is 0 Å². The Bertz CT molecular complexity index is 470. The monoisotopic (exact) mass is 398 g/mol. The molecule has 0 aromatic rings. The Hall–Kier alpha value is -1.31. The fourth-order valence-corrected chi connectivity index (χ4v) is 2.36. The summed E-state index contributed by atoms with van der Waals surface area (Å²) in [7, 11) is 0. The maximum absolute atomic E-state index is 12.4. The summed E-state index contributed by atoms with van der Waals surface area (Å²) in [5.41, 5.74) is 0.516. The van der Waals surface area contributed by atoms with E-state index >= 15 is 0 Å². The molecule has 0 bridgehead atoms. The molecule has 0 aromatic heterocycles. The number of hydrogen-bond acceptors (Lipinski definition) is 2. The van der Waals surface area contributed by atoms with E-state index in [1.807, 2.05) is 6.92 Å². The van der Waals surface area contributed by atoms with Crippen LogP contribution < -0.4 is 10.6 Å². The maximum atomic E-state index is 12.4. The molecule has 0 spiro atoms. The molecule has 0 radical (unpaired) electrons. The maximum Gasteiger partial charge on any atom is 0.389 e. The number of alkyl halides is 3. The molecule has 0 heterocycles. The molecule has 0 rings (SSSR count). The lowest BCUT2D eigenvalue weighted by molar-refractivity contribution is -0.137. The number of nitrogens with one attached hydrogen (secondary N) is 2. The zero-order valence-corrected chi connectivity index (χ0v) is 15.0. The molecule has 132 valence electrons. The van der Waals surface area contributed by atoms with Gasteiger partial charge in [0.15, 0.2) is 0 Å². The van der Waals surface area contributed by atoms with E-state index in [9.17, 15) is 22.8 Å². The molecule has 0 saturated carbocycles. The van der Waals surface area contributed by atoms with Crippen molar-refractivity contribution in [3.05, 3.63) is 21.8 Å². The molecular weight excluding hydrogens is 377 g/mol. The summed E-state index contributed by atoms with van der Waals surface area (Å²) in [6.07, 6.45) is -2.34. The van der Waals surface area contributed by atoms with Crippen LogP contribution >= 0.6 is 15.9 Å². The Morgan fingerprint density at radius 2 is 1.87 bits per heavy atom. The van der Waals surface area contributed by atoms with Gasteiger partial charge in [0.1, 0.15) is 5.70 Å². The van der Waals surface area contributed by atoms with Crippen molar-refractivity contribution in [1.29, 1.82) is 0 Å². The summed E-state index contributed by atoms with van der Waals surface area (Å²) in [5.74, 6) is -0.597. The molecule has 8 heteroatoms. The first-order chi connectivity index (χ1) is 10.6. The van der Waals surface area contributed by atoms with Crippen LogP contribution in [-0.4, -0.2) is 24.5 Å². The smallest absolute Gasteiger partial charge is 0.348 e. The highest BCUT2D eigenvalue weighted by Crippen LogP contribution is 2.23. The number of hydrogen-bond donors (Lipinski definition) is 2. The minimum atomic E-state index is -4.26. The average Bonchev–Trinajstić information content (AvgIpc) is 2.40. The van der Waals surface area contributed by atoms with E-state index < -0.39 is 24.5 Å². The highest BCUT2D eigenvalue weighted by Gasteiger charge is 2.29. The molecule has 0 aliphatic heterocycles. The second kappa shape index (κ2) is 10.5. The number of carbonyl (C=O) groups excluding carboxylic acids is 2. The molecular formula is C15H22BrF3N2O2. The van der Waals surface area contributed by atoms with Crippen molar-refractivity contribution in [2.24, 2.45) is 0 Å². The van der Waals surface area contributed by atoms with Gasteiger partial charge in [0.25, 0.3) is 5.91 Å². The quantitative estimate of drug-likeness (QED) is 0.351. The molecule has 23 heavy (non-hydrogen) atoms. The molecule has 1 unspecified atom stereocenters. The fraction of sp³-hybridized carbons (Fsp3) is 0.600. The molecule has 2 amide bonds. The number of carbonyl (C=O) groups is 2. The zero-order valence-electron chi connectivity index (χ0n) is 13.4. The minimum absolute atomic E-state index is 0.0203. The third kappa shape index (κ3) is 10.1. The van der Waals surface area contributed by atoms with E-state index in [1.54, 1.807) is 19.9 Å². The van der Waals surface area contributed by atoms with Crippen LogP contribution in [0, 0.1) is 0 Å². The van der Waals surface area contributed by atoms with Crippen LogP contribution in [0.5, 0.6) is 0 Å². The number of amides is 2. The Kier molecular flexibility index (Phi) is 9.87. The average molecular weight is 399 g/mol. The van der Waals surface area contributed by atoms with E-state index in [-0.39, 0.29) is 12.1 Å². The fourth-order valence-electron chi connectivity index (χ4n) is 2.02. The summed E-state index contributed by atoms with van der Waals surface area (Å²) >= 11 is 3.22. The predicted octanol–water partition coefficient (Wildman–Crippen LogP) is 3.93. The Balaban J connectivity index is 5.11. The lowest BCUT2D eigenvalue weighted by Gasteiger charge is -2.20. The van der Waals surface area contributed by atoms with Gasteiger partial charge >= 0.3 is 6.18 Å². The molecule has 4 nitrogen and oxygen atoms in total. The molecule has 0 aromatic carbocycles. The summed E-state index contributed by atoms with van der Waals surface area (Å²) in [6, 6.07) is -0.598. The van der Waals surface area contributed by atoms with Crippen LogP contribution in [0.2, 0.25) is 0 Å².